The van der Waals surface area contributed by atoms with Crippen molar-refractivity contribution < 1.29 is 8.42 Å². The normalized spacial score (nSPS) is 16.8. The van der Waals surface area contributed by atoms with E-state index < -0.39 is 10.0 Å². The average Bonchev–Trinajstić information content (AvgIpc) is 2.91. The zero-order valence-electron chi connectivity index (χ0n) is 14.6. The molecule has 0 aromatic heterocycles. The summed E-state index contributed by atoms with van der Waals surface area (Å²) in [5, 5.41) is 0. The quantitative estimate of drug-likeness (QED) is 0.767. The molecule has 0 unspecified atom stereocenters. The highest BCUT2D eigenvalue weighted by molar-refractivity contribution is 7.89. The summed E-state index contributed by atoms with van der Waals surface area (Å²) in [6.45, 7) is 3.28. The molecule has 2 aromatic rings. The largest absolute Gasteiger partial charge is 0.256 e. The summed E-state index contributed by atoms with van der Waals surface area (Å²) < 4.78 is 27.1. The monoisotopic (exact) mass is 356 g/mol. The topological polar surface area (TPSA) is 49.7 Å². The fraction of sp³-hybridized carbons (Fsp3) is 0.350. The Kier molecular flexibility index (Phi) is 5.66. The predicted molar refractivity (Wildman–Crippen MR) is 102 cm³/mol. The van der Waals surface area contributed by atoms with Crippen LogP contribution < -0.4 is 0 Å². The zero-order valence-corrected chi connectivity index (χ0v) is 15.4. The smallest absolute Gasteiger partial charge is 0.243 e. The van der Waals surface area contributed by atoms with Gasteiger partial charge in [0.05, 0.1) is 10.6 Å². The van der Waals surface area contributed by atoms with Gasteiger partial charge in [0.1, 0.15) is 0 Å². The van der Waals surface area contributed by atoms with E-state index in [1.165, 1.54) is 0 Å². The van der Waals surface area contributed by atoms with Crippen LogP contribution in [-0.2, 0) is 10.0 Å². The lowest BCUT2D eigenvalue weighted by atomic mass is 10.1. The van der Waals surface area contributed by atoms with E-state index in [0.717, 1.165) is 42.5 Å². The van der Waals surface area contributed by atoms with Crippen molar-refractivity contribution in [3.63, 3.8) is 0 Å². The molecule has 0 saturated carbocycles. The molecule has 5 heteroatoms. The molecule has 0 atom stereocenters. The molecule has 1 saturated heterocycles. The van der Waals surface area contributed by atoms with Gasteiger partial charge in [0, 0.05) is 19.3 Å². The summed E-state index contributed by atoms with van der Waals surface area (Å²) in [5.41, 5.74) is 2.97. The van der Waals surface area contributed by atoms with Crippen molar-refractivity contribution in [2.45, 2.75) is 37.5 Å². The summed E-state index contributed by atoms with van der Waals surface area (Å²) >= 11 is 0. The Hall–Kier alpha value is -1.98. The minimum Gasteiger partial charge on any atom is -0.256 e. The summed E-state index contributed by atoms with van der Waals surface area (Å²) in [5.74, 6) is 0. The van der Waals surface area contributed by atoms with Crippen molar-refractivity contribution in [2.75, 3.05) is 13.1 Å². The molecule has 0 radical (unpaired) electrons. The van der Waals surface area contributed by atoms with Gasteiger partial charge < -0.3 is 0 Å². The number of hydrogen-bond donors (Lipinski definition) is 0. The van der Waals surface area contributed by atoms with Gasteiger partial charge in [-0.05, 0) is 55.2 Å². The molecule has 132 valence electrons. The molecule has 1 fully saturated rings. The standard InChI is InChI=1S/C20H24N2O2S/c1-17-8-4-5-9-18(17)16-21-19-10-12-20(13-11-19)25(23,24)22-14-6-2-3-7-15-22/h4-5,8-13,16H,2-3,6-7,14-15H2,1H3. The van der Waals surface area contributed by atoms with Crippen LogP contribution in [0.4, 0.5) is 5.69 Å². The lowest BCUT2D eigenvalue weighted by Gasteiger charge is -2.19. The third kappa shape index (κ3) is 4.35. The molecular formula is C20H24N2O2S. The van der Waals surface area contributed by atoms with Gasteiger partial charge in [-0.1, -0.05) is 37.1 Å². The first-order valence-corrected chi connectivity index (χ1v) is 10.2. The number of nitrogens with zero attached hydrogens (tertiary/aromatic N) is 2. The van der Waals surface area contributed by atoms with Crippen LogP contribution in [-0.4, -0.2) is 32.0 Å². The first-order valence-electron chi connectivity index (χ1n) is 8.77. The molecular weight excluding hydrogens is 332 g/mol. The van der Waals surface area contributed by atoms with E-state index in [2.05, 4.69) is 4.99 Å². The first kappa shape index (κ1) is 17.8. The Balaban J connectivity index is 1.76. The van der Waals surface area contributed by atoms with Gasteiger partial charge in [-0.15, -0.1) is 0 Å². The van der Waals surface area contributed by atoms with Crippen LogP contribution in [0.25, 0.3) is 0 Å². The Bertz CT molecular complexity index is 834. The Labute approximate surface area is 150 Å². The zero-order chi connectivity index (χ0) is 17.7. The van der Waals surface area contributed by atoms with E-state index >= 15 is 0 Å². The molecule has 0 amide bonds. The Morgan fingerprint density at radius 1 is 0.920 bits per heavy atom. The van der Waals surface area contributed by atoms with E-state index in [1.54, 1.807) is 28.6 Å². The molecule has 3 rings (SSSR count). The Morgan fingerprint density at radius 2 is 1.56 bits per heavy atom. The van der Waals surface area contributed by atoms with E-state index in [4.69, 9.17) is 0 Å². The highest BCUT2D eigenvalue weighted by atomic mass is 32.2. The van der Waals surface area contributed by atoms with Crippen LogP contribution >= 0.6 is 0 Å². The number of rotatable bonds is 4. The fourth-order valence-corrected chi connectivity index (χ4v) is 4.53. The molecule has 25 heavy (non-hydrogen) atoms. The lowest BCUT2D eigenvalue weighted by Crippen LogP contribution is -2.31. The minimum absolute atomic E-state index is 0.351. The van der Waals surface area contributed by atoms with E-state index in [9.17, 15) is 8.42 Å². The highest BCUT2D eigenvalue weighted by Crippen LogP contribution is 2.22. The van der Waals surface area contributed by atoms with Crippen LogP contribution in [0.1, 0.15) is 36.8 Å². The molecule has 1 aliphatic heterocycles. The third-order valence-electron chi connectivity index (χ3n) is 4.58. The highest BCUT2D eigenvalue weighted by Gasteiger charge is 2.24. The van der Waals surface area contributed by atoms with Crippen molar-refractivity contribution in [1.29, 1.82) is 0 Å². The SMILES string of the molecule is Cc1ccccc1C=Nc1ccc(S(=O)(=O)N2CCCCCC2)cc1. The van der Waals surface area contributed by atoms with Crippen molar-refractivity contribution in [1.82, 2.24) is 4.31 Å². The maximum atomic E-state index is 12.8. The van der Waals surface area contributed by atoms with Gasteiger partial charge in [0.15, 0.2) is 0 Å². The molecule has 0 bridgehead atoms. The van der Waals surface area contributed by atoms with Crippen LogP contribution in [0.3, 0.4) is 0 Å². The second-order valence-electron chi connectivity index (χ2n) is 6.43. The van der Waals surface area contributed by atoms with Crippen molar-refractivity contribution in [3.8, 4) is 0 Å². The molecule has 2 aromatic carbocycles. The van der Waals surface area contributed by atoms with Crippen LogP contribution in [0.15, 0.2) is 58.4 Å². The predicted octanol–water partition coefficient (Wildman–Crippen LogP) is 4.31. The molecule has 1 heterocycles. The van der Waals surface area contributed by atoms with Crippen LogP contribution in [0.5, 0.6) is 0 Å². The van der Waals surface area contributed by atoms with Crippen LogP contribution in [0.2, 0.25) is 0 Å². The summed E-state index contributed by atoms with van der Waals surface area (Å²) in [6.07, 6.45) is 5.92. The summed E-state index contributed by atoms with van der Waals surface area (Å²) in [4.78, 5) is 4.81. The maximum Gasteiger partial charge on any atom is 0.243 e. The van der Waals surface area contributed by atoms with Crippen molar-refractivity contribution in [3.05, 3.63) is 59.7 Å². The van der Waals surface area contributed by atoms with Gasteiger partial charge >= 0.3 is 0 Å². The van der Waals surface area contributed by atoms with Gasteiger partial charge in [0.25, 0.3) is 0 Å². The number of aliphatic imine (C=N–C) groups is 1. The van der Waals surface area contributed by atoms with Gasteiger partial charge in [-0.25, -0.2) is 8.42 Å². The minimum atomic E-state index is -3.39. The molecule has 4 nitrogen and oxygen atoms in total. The lowest BCUT2D eigenvalue weighted by molar-refractivity contribution is 0.424. The van der Waals surface area contributed by atoms with Crippen molar-refractivity contribution in [2.24, 2.45) is 4.99 Å². The average molecular weight is 356 g/mol. The summed E-state index contributed by atoms with van der Waals surface area (Å²) in [6, 6.07) is 14.9. The molecule has 0 N–H and O–H groups in total. The number of hydrogen-bond acceptors (Lipinski definition) is 3. The first-order chi connectivity index (χ1) is 12.1. The fourth-order valence-electron chi connectivity index (χ4n) is 3.01. The van der Waals surface area contributed by atoms with Crippen molar-refractivity contribution >= 4 is 21.9 Å². The third-order valence-corrected chi connectivity index (χ3v) is 6.49. The van der Waals surface area contributed by atoms with E-state index in [-0.39, 0.29) is 0 Å². The second kappa shape index (κ2) is 7.93. The molecule has 1 aliphatic rings. The Morgan fingerprint density at radius 3 is 2.20 bits per heavy atom. The van der Waals surface area contributed by atoms with Gasteiger partial charge in [-0.2, -0.15) is 4.31 Å². The number of sulfonamides is 1. The van der Waals surface area contributed by atoms with E-state index in [0.29, 0.717) is 18.0 Å². The van der Waals surface area contributed by atoms with Gasteiger partial charge in [0.2, 0.25) is 10.0 Å². The van der Waals surface area contributed by atoms with Crippen LogP contribution in [0, 0.1) is 6.92 Å². The number of aryl methyl sites for hydroxylation is 1. The number of benzene rings is 2. The maximum absolute atomic E-state index is 12.8. The van der Waals surface area contributed by atoms with Gasteiger partial charge in [-0.3, -0.25) is 4.99 Å². The summed E-state index contributed by atoms with van der Waals surface area (Å²) in [7, 11) is -3.39. The second-order valence-corrected chi connectivity index (χ2v) is 8.36. The molecule has 0 spiro atoms. The molecule has 0 aliphatic carbocycles. The van der Waals surface area contributed by atoms with E-state index in [1.807, 2.05) is 37.4 Å².